The van der Waals surface area contributed by atoms with Gasteiger partial charge in [0.25, 0.3) is 5.91 Å². The molecule has 1 aliphatic rings. The third kappa shape index (κ3) is 1.07. The van der Waals surface area contributed by atoms with Gasteiger partial charge in [-0.15, -0.1) is 5.11 Å². The lowest BCUT2D eigenvalue weighted by Gasteiger charge is -2.01. The Bertz CT molecular complexity index is 231. The fraction of sp³-hybridized carbons (Fsp3) is 0.200. The first-order valence-electron chi connectivity index (χ1n) is 2.56. The molecule has 0 fully saturated rings. The highest BCUT2D eigenvalue weighted by Crippen LogP contribution is 2.07. The highest BCUT2D eigenvalue weighted by atomic mass is 16.4. The summed E-state index contributed by atoms with van der Waals surface area (Å²) in [4.78, 5) is 20.7. The molecule has 1 heterocycles. The largest absolute Gasteiger partial charge is 0.480 e. The van der Waals surface area contributed by atoms with Gasteiger partial charge in [-0.1, -0.05) is 0 Å². The van der Waals surface area contributed by atoms with Gasteiger partial charge in [-0.05, 0) is 6.08 Å². The maximum Gasteiger partial charge on any atom is 0.320 e. The van der Waals surface area contributed by atoms with Crippen molar-refractivity contribution in [3.05, 3.63) is 12.3 Å². The van der Waals surface area contributed by atoms with Gasteiger partial charge in [0.2, 0.25) is 0 Å². The average Bonchev–Trinajstić information content (AvgIpc) is 1.88. The molecule has 0 aromatic rings. The average molecular weight is 140 g/mol. The molecule has 0 saturated heterocycles. The van der Waals surface area contributed by atoms with Crippen LogP contribution in [0.4, 0.5) is 0 Å². The van der Waals surface area contributed by atoms with E-state index in [0.29, 0.717) is 0 Å². The smallest absolute Gasteiger partial charge is 0.320 e. The number of hydrogen-bond acceptors (Lipinski definition) is 3. The molecule has 0 spiro atoms. The number of azo groups is 1. The Hall–Kier alpha value is -1.52. The monoisotopic (exact) mass is 140 g/mol. The molecule has 5 nitrogen and oxygen atoms in total. The standard InChI is InChI=1S/C5H4N2O3/c8-4-3(5(9)10)1-2-6-7-4/h1-3H,(H,9,10). The predicted molar refractivity (Wildman–Crippen MR) is 30.1 cm³/mol. The van der Waals surface area contributed by atoms with Crippen molar-refractivity contribution in [3.8, 4) is 0 Å². The number of carboxylic acid groups (broad SMARTS) is 1. The minimum absolute atomic E-state index is 0.727. The van der Waals surface area contributed by atoms with E-state index >= 15 is 0 Å². The minimum Gasteiger partial charge on any atom is -0.480 e. The number of carbonyl (C=O) groups is 2. The summed E-state index contributed by atoms with van der Waals surface area (Å²) in [7, 11) is 0. The fourth-order valence-corrected chi connectivity index (χ4v) is 0.547. The Kier molecular flexibility index (Phi) is 1.57. The second kappa shape index (κ2) is 2.38. The van der Waals surface area contributed by atoms with Crippen molar-refractivity contribution in [1.29, 1.82) is 0 Å². The van der Waals surface area contributed by atoms with E-state index in [1.165, 1.54) is 12.3 Å². The number of rotatable bonds is 1. The van der Waals surface area contributed by atoms with Crippen LogP contribution in [0.1, 0.15) is 0 Å². The second-order valence-electron chi connectivity index (χ2n) is 1.71. The Morgan fingerprint density at radius 2 is 2.40 bits per heavy atom. The maximum atomic E-state index is 10.5. The summed E-state index contributed by atoms with van der Waals surface area (Å²) in [6.07, 6.45) is 2.39. The Morgan fingerprint density at radius 1 is 1.70 bits per heavy atom. The minimum atomic E-state index is -1.19. The highest BCUT2D eigenvalue weighted by Gasteiger charge is 2.24. The van der Waals surface area contributed by atoms with Crippen LogP contribution in [0.5, 0.6) is 0 Å². The van der Waals surface area contributed by atoms with Crippen molar-refractivity contribution in [3.63, 3.8) is 0 Å². The Balaban J connectivity index is 2.80. The summed E-state index contributed by atoms with van der Waals surface area (Å²) in [5, 5.41) is 14.6. The maximum absolute atomic E-state index is 10.5. The van der Waals surface area contributed by atoms with Crippen molar-refractivity contribution >= 4 is 11.9 Å². The van der Waals surface area contributed by atoms with E-state index in [-0.39, 0.29) is 0 Å². The van der Waals surface area contributed by atoms with Crippen LogP contribution >= 0.6 is 0 Å². The number of aliphatic carboxylic acids is 1. The van der Waals surface area contributed by atoms with E-state index in [0.717, 1.165) is 0 Å². The summed E-state index contributed by atoms with van der Waals surface area (Å²) in [5.41, 5.74) is 0. The molecule has 1 atom stereocenters. The molecule has 0 aromatic heterocycles. The number of carbonyl (C=O) groups excluding carboxylic acids is 1. The van der Waals surface area contributed by atoms with Gasteiger partial charge < -0.3 is 5.11 Å². The van der Waals surface area contributed by atoms with Crippen LogP contribution in [-0.4, -0.2) is 17.0 Å². The van der Waals surface area contributed by atoms with Gasteiger partial charge >= 0.3 is 5.97 Å². The van der Waals surface area contributed by atoms with Gasteiger partial charge in [0, 0.05) is 6.20 Å². The lowest BCUT2D eigenvalue weighted by Crippen LogP contribution is -2.20. The van der Waals surface area contributed by atoms with Crippen LogP contribution in [0.3, 0.4) is 0 Å². The third-order valence-corrected chi connectivity index (χ3v) is 1.03. The van der Waals surface area contributed by atoms with Gasteiger partial charge in [-0.25, -0.2) is 0 Å². The first-order chi connectivity index (χ1) is 4.72. The van der Waals surface area contributed by atoms with Gasteiger partial charge in [-0.3, -0.25) is 9.59 Å². The summed E-state index contributed by atoms with van der Waals surface area (Å²) in [5.74, 6) is -3.06. The predicted octanol–water partition coefficient (Wildman–Crippen LogP) is 0.193. The molecule has 0 saturated carbocycles. The van der Waals surface area contributed by atoms with Crippen LogP contribution < -0.4 is 0 Å². The van der Waals surface area contributed by atoms with Crippen molar-refractivity contribution in [2.24, 2.45) is 16.1 Å². The first kappa shape index (κ1) is 6.60. The van der Waals surface area contributed by atoms with Crippen molar-refractivity contribution in [1.82, 2.24) is 0 Å². The first-order valence-corrected chi connectivity index (χ1v) is 2.56. The number of nitrogens with zero attached hydrogens (tertiary/aromatic N) is 2. The molecular weight excluding hydrogens is 136 g/mol. The van der Waals surface area contributed by atoms with E-state index in [9.17, 15) is 9.59 Å². The molecule has 0 aromatic carbocycles. The summed E-state index contributed by atoms with van der Waals surface area (Å²) >= 11 is 0. The molecule has 52 valence electrons. The van der Waals surface area contributed by atoms with Crippen molar-refractivity contribution in [2.45, 2.75) is 0 Å². The zero-order valence-corrected chi connectivity index (χ0v) is 4.89. The molecular formula is C5H4N2O3. The van der Waals surface area contributed by atoms with Gasteiger partial charge in [-0.2, -0.15) is 5.11 Å². The SMILES string of the molecule is O=C(O)C1C=CN=NC1=O. The topological polar surface area (TPSA) is 79.1 Å². The summed E-state index contributed by atoms with van der Waals surface area (Å²) in [6, 6.07) is 0. The van der Waals surface area contributed by atoms with Crippen LogP contribution in [0.15, 0.2) is 22.5 Å². The second-order valence-corrected chi connectivity index (χ2v) is 1.71. The lowest BCUT2D eigenvalue weighted by molar-refractivity contribution is -0.144. The van der Waals surface area contributed by atoms with E-state index in [1.807, 2.05) is 0 Å². The van der Waals surface area contributed by atoms with Gasteiger partial charge in [0.1, 0.15) is 0 Å². The molecule has 0 radical (unpaired) electrons. The molecule has 1 rings (SSSR count). The molecule has 10 heavy (non-hydrogen) atoms. The quantitative estimate of drug-likeness (QED) is 0.528. The highest BCUT2D eigenvalue weighted by molar-refractivity contribution is 5.99. The molecule has 1 N–H and O–H groups in total. The molecule has 0 aliphatic carbocycles. The Morgan fingerprint density at radius 3 is 2.80 bits per heavy atom. The normalized spacial score (nSPS) is 23.2. The third-order valence-electron chi connectivity index (χ3n) is 1.03. The van der Waals surface area contributed by atoms with Crippen LogP contribution in [0, 0.1) is 5.92 Å². The molecule has 1 amide bonds. The van der Waals surface area contributed by atoms with Crippen molar-refractivity contribution in [2.75, 3.05) is 0 Å². The zero-order chi connectivity index (χ0) is 7.56. The summed E-state index contributed by atoms with van der Waals surface area (Å²) < 4.78 is 0. The zero-order valence-electron chi connectivity index (χ0n) is 4.89. The fourth-order valence-electron chi connectivity index (χ4n) is 0.547. The lowest BCUT2D eigenvalue weighted by atomic mass is 10.1. The van der Waals surface area contributed by atoms with Gasteiger partial charge in [0.15, 0.2) is 5.92 Å². The van der Waals surface area contributed by atoms with E-state index in [1.54, 1.807) is 0 Å². The molecule has 5 heteroatoms. The van der Waals surface area contributed by atoms with Crippen LogP contribution in [-0.2, 0) is 9.59 Å². The molecule has 1 unspecified atom stereocenters. The molecule has 0 bridgehead atoms. The summed E-state index contributed by atoms with van der Waals surface area (Å²) in [6.45, 7) is 0. The van der Waals surface area contributed by atoms with Gasteiger partial charge in [0.05, 0.1) is 0 Å². The van der Waals surface area contributed by atoms with E-state index in [2.05, 4.69) is 10.2 Å². The molecule has 1 aliphatic heterocycles. The Labute approximate surface area is 56.1 Å². The van der Waals surface area contributed by atoms with E-state index < -0.39 is 17.8 Å². The number of hydrogen-bond donors (Lipinski definition) is 1. The van der Waals surface area contributed by atoms with Crippen molar-refractivity contribution < 1.29 is 14.7 Å². The van der Waals surface area contributed by atoms with Crippen LogP contribution in [0.25, 0.3) is 0 Å². The van der Waals surface area contributed by atoms with Crippen LogP contribution in [0.2, 0.25) is 0 Å². The number of amides is 1. The van der Waals surface area contributed by atoms with E-state index in [4.69, 9.17) is 5.11 Å². The number of carboxylic acids is 1.